The van der Waals surface area contributed by atoms with E-state index in [4.69, 9.17) is 9.47 Å². The number of rotatable bonds is 4. The van der Waals surface area contributed by atoms with Gasteiger partial charge in [-0.3, -0.25) is 9.69 Å². The van der Waals surface area contributed by atoms with E-state index in [0.717, 1.165) is 24.2 Å². The molecule has 0 aromatic rings. The number of carbonyl (C=O) groups is 2. The molecule has 0 aromatic carbocycles. The van der Waals surface area contributed by atoms with E-state index in [-0.39, 0.29) is 18.1 Å². The third-order valence-electron chi connectivity index (χ3n) is 3.83. The van der Waals surface area contributed by atoms with Crippen LogP contribution in [0.4, 0.5) is 4.79 Å². The predicted molar refractivity (Wildman–Crippen MR) is 91.1 cm³/mol. The summed E-state index contributed by atoms with van der Waals surface area (Å²) in [6.07, 6.45) is 6.61. The Morgan fingerprint density at radius 3 is 2.79 bits per heavy atom. The second kappa shape index (κ2) is 7.73. The molecule has 0 fully saturated rings. The number of carbonyl (C=O) groups excluding carboxylic acids is 2. The number of allylic oxidation sites excluding steroid dienone is 2. The maximum Gasteiger partial charge on any atom is 0.415 e. The van der Waals surface area contributed by atoms with Gasteiger partial charge in [0.1, 0.15) is 11.4 Å². The van der Waals surface area contributed by atoms with Crippen LogP contribution in [0.5, 0.6) is 0 Å². The summed E-state index contributed by atoms with van der Waals surface area (Å²) < 4.78 is 10.5. The molecule has 2 aliphatic heterocycles. The molecule has 0 bridgehead atoms. The minimum atomic E-state index is -0.525. The number of hydrogen-bond donors (Lipinski definition) is 1. The van der Waals surface area contributed by atoms with Crippen molar-refractivity contribution in [2.45, 2.75) is 65.0 Å². The van der Waals surface area contributed by atoms with Gasteiger partial charge in [0, 0.05) is 19.0 Å². The van der Waals surface area contributed by atoms with Crippen molar-refractivity contribution >= 4 is 12.1 Å². The molecule has 0 radical (unpaired) electrons. The highest BCUT2D eigenvalue weighted by Gasteiger charge is 2.31. The van der Waals surface area contributed by atoms with Crippen LogP contribution in [0.25, 0.3) is 0 Å². The van der Waals surface area contributed by atoms with E-state index >= 15 is 0 Å². The van der Waals surface area contributed by atoms with E-state index in [1.807, 2.05) is 20.8 Å². The normalized spacial score (nSPS) is 20.3. The third kappa shape index (κ3) is 5.01. The van der Waals surface area contributed by atoms with E-state index < -0.39 is 5.60 Å². The van der Waals surface area contributed by atoms with Gasteiger partial charge in [-0.15, -0.1) is 0 Å². The molecule has 2 heterocycles. The van der Waals surface area contributed by atoms with Crippen LogP contribution >= 0.6 is 0 Å². The number of dihydropyridines is 1. The van der Waals surface area contributed by atoms with Gasteiger partial charge in [-0.2, -0.15) is 0 Å². The van der Waals surface area contributed by atoms with Crippen molar-refractivity contribution in [3.05, 3.63) is 23.5 Å². The highest BCUT2D eigenvalue weighted by molar-refractivity contribution is 5.71. The number of nitrogens with one attached hydrogen (secondary N) is 1. The first kappa shape index (κ1) is 18.4. The fourth-order valence-electron chi connectivity index (χ4n) is 2.79. The maximum absolute atomic E-state index is 12.5. The summed E-state index contributed by atoms with van der Waals surface area (Å²) in [6.45, 7) is 8.42. The van der Waals surface area contributed by atoms with Crippen molar-refractivity contribution in [1.29, 1.82) is 0 Å². The first-order valence-corrected chi connectivity index (χ1v) is 8.64. The van der Waals surface area contributed by atoms with Crippen LogP contribution in [0.3, 0.4) is 0 Å². The van der Waals surface area contributed by atoms with Crippen LogP contribution in [-0.2, 0) is 14.3 Å². The van der Waals surface area contributed by atoms with Crippen LogP contribution in [0.15, 0.2) is 23.5 Å². The SMILES string of the molecule is CCOC(=O)CCC1C=CC2=C(N1)N(C(=O)OC(C)(C)C)CCC2. The Labute approximate surface area is 143 Å². The highest BCUT2D eigenvalue weighted by atomic mass is 16.6. The Morgan fingerprint density at radius 2 is 2.12 bits per heavy atom. The molecule has 6 nitrogen and oxygen atoms in total. The van der Waals surface area contributed by atoms with Gasteiger partial charge in [0.05, 0.1) is 6.61 Å². The Balaban J connectivity index is 2.01. The summed E-state index contributed by atoms with van der Waals surface area (Å²) in [5, 5.41) is 3.38. The lowest BCUT2D eigenvalue weighted by molar-refractivity contribution is -0.143. The fraction of sp³-hybridized carbons (Fsp3) is 0.667. The van der Waals surface area contributed by atoms with Crippen LogP contribution in [0, 0.1) is 0 Å². The summed E-state index contributed by atoms with van der Waals surface area (Å²) in [5.41, 5.74) is 0.586. The topological polar surface area (TPSA) is 67.9 Å². The predicted octanol–water partition coefficient (Wildman–Crippen LogP) is 3.10. The molecule has 0 aliphatic carbocycles. The van der Waals surface area contributed by atoms with Gasteiger partial charge in [-0.25, -0.2) is 4.79 Å². The molecule has 1 unspecified atom stereocenters. The quantitative estimate of drug-likeness (QED) is 0.799. The standard InChI is InChI=1S/C18H28N2O4/c1-5-23-15(21)11-10-14-9-8-13-7-6-12-20(16(13)19-14)17(22)24-18(2,3)4/h8-9,14,19H,5-7,10-12H2,1-4H3. The Kier molecular flexibility index (Phi) is 5.91. The van der Waals surface area contributed by atoms with Crippen molar-refractivity contribution in [3.63, 3.8) is 0 Å². The molecule has 1 N–H and O–H groups in total. The second-order valence-corrected chi connectivity index (χ2v) is 7.06. The minimum absolute atomic E-state index is 0.0104. The molecule has 1 atom stereocenters. The van der Waals surface area contributed by atoms with Gasteiger partial charge in [0.15, 0.2) is 0 Å². The zero-order valence-electron chi connectivity index (χ0n) is 15.1. The zero-order valence-corrected chi connectivity index (χ0v) is 15.1. The van der Waals surface area contributed by atoms with Crippen LogP contribution in [-0.4, -0.2) is 41.8 Å². The summed E-state index contributed by atoms with van der Waals surface area (Å²) >= 11 is 0. The van der Waals surface area contributed by atoms with Crippen molar-refractivity contribution in [2.24, 2.45) is 0 Å². The monoisotopic (exact) mass is 336 g/mol. The average Bonchev–Trinajstić information content (AvgIpc) is 2.50. The molecule has 0 spiro atoms. The van der Waals surface area contributed by atoms with Crippen molar-refractivity contribution in [2.75, 3.05) is 13.2 Å². The van der Waals surface area contributed by atoms with E-state index in [1.54, 1.807) is 11.8 Å². The smallest absolute Gasteiger partial charge is 0.415 e. The largest absolute Gasteiger partial charge is 0.466 e. The van der Waals surface area contributed by atoms with Gasteiger partial charge in [0.25, 0.3) is 0 Å². The summed E-state index contributed by atoms with van der Waals surface area (Å²) in [6, 6.07) is 0.0104. The molecular weight excluding hydrogens is 308 g/mol. The first-order valence-electron chi connectivity index (χ1n) is 8.64. The van der Waals surface area contributed by atoms with E-state index in [9.17, 15) is 9.59 Å². The van der Waals surface area contributed by atoms with Gasteiger partial charge in [-0.1, -0.05) is 12.2 Å². The fourth-order valence-corrected chi connectivity index (χ4v) is 2.79. The molecule has 0 aromatic heterocycles. The van der Waals surface area contributed by atoms with Gasteiger partial charge in [-0.05, 0) is 52.5 Å². The maximum atomic E-state index is 12.5. The zero-order chi connectivity index (χ0) is 17.7. The molecule has 2 aliphatic rings. The van der Waals surface area contributed by atoms with Crippen LogP contribution in [0.1, 0.15) is 53.4 Å². The lowest BCUT2D eigenvalue weighted by Gasteiger charge is -2.36. The third-order valence-corrected chi connectivity index (χ3v) is 3.83. The molecule has 24 heavy (non-hydrogen) atoms. The average molecular weight is 336 g/mol. The van der Waals surface area contributed by atoms with E-state index in [2.05, 4.69) is 17.5 Å². The lowest BCUT2D eigenvalue weighted by Crippen LogP contribution is -2.46. The number of amides is 1. The van der Waals surface area contributed by atoms with E-state index in [1.165, 1.54) is 0 Å². The number of esters is 1. The summed E-state index contributed by atoms with van der Waals surface area (Å²) in [5.74, 6) is 0.618. The molecule has 134 valence electrons. The van der Waals surface area contributed by atoms with Gasteiger partial charge < -0.3 is 14.8 Å². The number of ether oxygens (including phenoxy) is 2. The molecule has 0 saturated heterocycles. The van der Waals surface area contributed by atoms with Crippen LogP contribution < -0.4 is 5.32 Å². The summed E-state index contributed by atoms with van der Waals surface area (Å²) in [4.78, 5) is 25.7. The molecule has 0 saturated carbocycles. The Morgan fingerprint density at radius 1 is 1.38 bits per heavy atom. The molecule has 2 rings (SSSR count). The Bertz CT molecular complexity index is 546. The van der Waals surface area contributed by atoms with Crippen molar-refractivity contribution < 1.29 is 19.1 Å². The van der Waals surface area contributed by atoms with Crippen molar-refractivity contribution in [3.8, 4) is 0 Å². The minimum Gasteiger partial charge on any atom is -0.466 e. The second-order valence-electron chi connectivity index (χ2n) is 7.06. The lowest BCUT2D eigenvalue weighted by atomic mass is 9.99. The van der Waals surface area contributed by atoms with Gasteiger partial charge >= 0.3 is 12.1 Å². The van der Waals surface area contributed by atoms with E-state index in [0.29, 0.717) is 26.0 Å². The number of nitrogens with zero attached hydrogens (tertiary/aromatic N) is 1. The molecule has 1 amide bonds. The van der Waals surface area contributed by atoms with Crippen LogP contribution in [0.2, 0.25) is 0 Å². The Hall–Kier alpha value is -1.98. The first-order chi connectivity index (χ1) is 11.3. The number of hydrogen-bond acceptors (Lipinski definition) is 5. The van der Waals surface area contributed by atoms with Crippen molar-refractivity contribution in [1.82, 2.24) is 10.2 Å². The highest BCUT2D eigenvalue weighted by Crippen LogP contribution is 2.27. The molecule has 6 heteroatoms. The molecular formula is C18H28N2O4. The van der Waals surface area contributed by atoms with Gasteiger partial charge in [0.2, 0.25) is 0 Å². The summed E-state index contributed by atoms with van der Waals surface area (Å²) in [7, 11) is 0.